The van der Waals surface area contributed by atoms with E-state index in [2.05, 4.69) is 41.9 Å². The highest BCUT2D eigenvalue weighted by atomic mass is 32.2. The van der Waals surface area contributed by atoms with E-state index in [-0.39, 0.29) is 11.2 Å². The number of carbonyl (C=O) groups excluding carboxylic acids is 1. The van der Waals surface area contributed by atoms with Gasteiger partial charge in [-0.05, 0) is 38.1 Å². The summed E-state index contributed by atoms with van der Waals surface area (Å²) in [6, 6.07) is 15.7. The van der Waals surface area contributed by atoms with Crippen molar-refractivity contribution in [2.45, 2.75) is 24.9 Å². The van der Waals surface area contributed by atoms with E-state index in [4.69, 9.17) is 9.72 Å². The van der Waals surface area contributed by atoms with Gasteiger partial charge >= 0.3 is 0 Å². The Morgan fingerprint density at radius 1 is 1.19 bits per heavy atom. The number of hydrogen-bond donors (Lipinski definition) is 1. The van der Waals surface area contributed by atoms with E-state index in [9.17, 15) is 4.79 Å². The first-order valence-corrected chi connectivity index (χ1v) is 10.6. The van der Waals surface area contributed by atoms with Gasteiger partial charge in [0.25, 0.3) is 0 Å². The van der Waals surface area contributed by atoms with Crippen molar-refractivity contribution in [3.05, 3.63) is 65.2 Å². The molecule has 1 heterocycles. The first kappa shape index (κ1) is 19.5. The summed E-state index contributed by atoms with van der Waals surface area (Å²) in [5.74, 6) is 1.46. The van der Waals surface area contributed by atoms with Gasteiger partial charge in [0.15, 0.2) is 0 Å². The molecule has 1 N–H and O–H groups in total. The molecule has 0 radical (unpaired) electrons. The number of carbonyl (C=O) groups is 1. The maximum atomic E-state index is 12.4. The maximum Gasteiger partial charge on any atom is 0.237 e. The lowest BCUT2D eigenvalue weighted by Gasteiger charge is -2.11. The quantitative estimate of drug-likeness (QED) is 0.580. The number of thiazole rings is 1. The molecule has 0 saturated carbocycles. The molecule has 0 saturated heterocycles. The van der Waals surface area contributed by atoms with E-state index < -0.39 is 0 Å². The highest BCUT2D eigenvalue weighted by Gasteiger charge is 2.15. The van der Waals surface area contributed by atoms with Crippen LogP contribution in [0.15, 0.2) is 53.9 Å². The zero-order valence-corrected chi connectivity index (χ0v) is 17.2. The van der Waals surface area contributed by atoms with E-state index in [1.807, 2.05) is 31.2 Å². The molecule has 140 valence electrons. The molecule has 27 heavy (non-hydrogen) atoms. The van der Waals surface area contributed by atoms with Crippen LogP contribution in [-0.2, 0) is 10.5 Å². The number of amides is 1. The summed E-state index contributed by atoms with van der Waals surface area (Å²) in [6.45, 7) is 3.99. The predicted octanol–water partition coefficient (Wildman–Crippen LogP) is 5.39. The molecule has 0 unspecified atom stereocenters. The van der Waals surface area contributed by atoms with Crippen molar-refractivity contribution in [3.8, 4) is 16.3 Å². The SMILES string of the molecule is COc1ccc(NC(=O)[C@@H](C)SCc2csc(-c3ccc(C)cc3)n2)cc1. The highest BCUT2D eigenvalue weighted by molar-refractivity contribution is 7.99. The van der Waals surface area contributed by atoms with Crippen molar-refractivity contribution in [2.24, 2.45) is 0 Å². The Morgan fingerprint density at radius 3 is 2.56 bits per heavy atom. The fourth-order valence-electron chi connectivity index (χ4n) is 2.41. The molecule has 3 rings (SSSR count). The second-order valence-electron chi connectivity index (χ2n) is 6.18. The molecule has 6 heteroatoms. The second kappa shape index (κ2) is 9.06. The molecule has 0 spiro atoms. The molecule has 1 atom stereocenters. The van der Waals surface area contributed by atoms with Crippen molar-refractivity contribution < 1.29 is 9.53 Å². The van der Waals surface area contributed by atoms with E-state index >= 15 is 0 Å². The largest absolute Gasteiger partial charge is 0.497 e. The molecule has 0 aliphatic carbocycles. The normalized spacial score (nSPS) is 11.8. The van der Waals surface area contributed by atoms with Gasteiger partial charge in [0, 0.05) is 22.4 Å². The molecular weight excluding hydrogens is 376 g/mol. The number of methoxy groups -OCH3 is 1. The Labute approximate surface area is 168 Å². The van der Waals surface area contributed by atoms with Crippen LogP contribution >= 0.6 is 23.1 Å². The average molecular weight is 399 g/mol. The summed E-state index contributed by atoms with van der Waals surface area (Å²) in [6.07, 6.45) is 0. The smallest absolute Gasteiger partial charge is 0.237 e. The Kier molecular flexibility index (Phi) is 6.53. The molecule has 3 aromatic rings. The third-order valence-corrected chi connectivity index (χ3v) is 6.17. The number of benzene rings is 2. The maximum absolute atomic E-state index is 12.4. The Balaban J connectivity index is 1.53. The van der Waals surface area contributed by atoms with Gasteiger partial charge in [-0.1, -0.05) is 29.8 Å². The van der Waals surface area contributed by atoms with Crippen LogP contribution in [0.25, 0.3) is 10.6 Å². The molecule has 1 amide bonds. The zero-order chi connectivity index (χ0) is 19.2. The van der Waals surface area contributed by atoms with E-state index in [0.717, 1.165) is 27.7 Å². The first-order chi connectivity index (χ1) is 13.0. The van der Waals surface area contributed by atoms with Gasteiger partial charge < -0.3 is 10.1 Å². The minimum absolute atomic E-state index is 0.0147. The third kappa shape index (κ3) is 5.34. The summed E-state index contributed by atoms with van der Waals surface area (Å²) >= 11 is 3.22. The van der Waals surface area contributed by atoms with Gasteiger partial charge in [0.1, 0.15) is 10.8 Å². The number of nitrogens with zero attached hydrogens (tertiary/aromatic N) is 1. The van der Waals surface area contributed by atoms with E-state index in [1.54, 1.807) is 30.2 Å². The van der Waals surface area contributed by atoms with Gasteiger partial charge in [0.2, 0.25) is 5.91 Å². The lowest BCUT2D eigenvalue weighted by atomic mass is 10.2. The minimum Gasteiger partial charge on any atom is -0.497 e. The number of rotatable bonds is 7. The molecular formula is C21H22N2O2S2. The molecule has 0 aliphatic heterocycles. The molecule has 0 bridgehead atoms. The topological polar surface area (TPSA) is 51.2 Å². The van der Waals surface area contributed by atoms with E-state index in [1.165, 1.54) is 5.56 Å². The summed E-state index contributed by atoms with van der Waals surface area (Å²) in [4.78, 5) is 17.1. The number of anilines is 1. The lowest BCUT2D eigenvalue weighted by molar-refractivity contribution is -0.115. The number of aryl methyl sites for hydroxylation is 1. The first-order valence-electron chi connectivity index (χ1n) is 8.63. The van der Waals surface area contributed by atoms with Crippen molar-refractivity contribution in [1.82, 2.24) is 4.98 Å². The van der Waals surface area contributed by atoms with Crippen LogP contribution in [0.3, 0.4) is 0 Å². The third-order valence-electron chi connectivity index (χ3n) is 4.06. The van der Waals surface area contributed by atoms with Crippen LogP contribution in [0.2, 0.25) is 0 Å². The number of hydrogen-bond acceptors (Lipinski definition) is 5. The zero-order valence-electron chi connectivity index (χ0n) is 15.6. The Hall–Kier alpha value is -2.31. The summed E-state index contributed by atoms with van der Waals surface area (Å²) in [5.41, 5.74) is 4.14. The number of thioether (sulfide) groups is 1. The average Bonchev–Trinajstić information content (AvgIpc) is 3.16. The Bertz CT molecular complexity index is 889. The standard InChI is InChI=1S/C21H22N2O2S2/c1-14-4-6-16(7-5-14)21-23-18(13-27-21)12-26-15(2)20(24)22-17-8-10-19(25-3)11-9-17/h4-11,13,15H,12H2,1-3H3,(H,22,24)/t15-/m1/s1. The monoisotopic (exact) mass is 398 g/mol. The number of aromatic nitrogens is 1. The van der Waals surface area contributed by atoms with Gasteiger partial charge in [-0.3, -0.25) is 4.79 Å². The van der Waals surface area contributed by atoms with Crippen molar-refractivity contribution in [2.75, 3.05) is 12.4 Å². The summed E-state index contributed by atoms with van der Waals surface area (Å²) in [7, 11) is 1.62. The van der Waals surface area contributed by atoms with Crippen LogP contribution in [-0.4, -0.2) is 23.3 Å². The number of nitrogens with one attached hydrogen (secondary N) is 1. The molecule has 0 aliphatic rings. The fraction of sp³-hybridized carbons (Fsp3) is 0.238. The van der Waals surface area contributed by atoms with Gasteiger partial charge in [-0.15, -0.1) is 23.1 Å². The van der Waals surface area contributed by atoms with Crippen molar-refractivity contribution >= 4 is 34.7 Å². The van der Waals surface area contributed by atoms with Gasteiger partial charge in [0.05, 0.1) is 18.1 Å². The Morgan fingerprint density at radius 2 is 1.89 bits per heavy atom. The van der Waals surface area contributed by atoms with Crippen molar-refractivity contribution in [1.29, 1.82) is 0 Å². The predicted molar refractivity (Wildman–Crippen MR) is 115 cm³/mol. The van der Waals surface area contributed by atoms with Crippen LogP contribution in [0, 0.1) is 6.92 Å². The molecule has 1 aromatic heterocycles. The molecule has 2 aromatic carbocycles. The summed E-state index contributed by atoms with van der Waals surface area (Å²) in [5, 5.41) is 5.84. The lowest BCUT2D eigenvalue weighted by Crippen LogP contribution is -2.22. The fourth-order valence-corrected chi connectivity index (χ4v) is 4.12. The highest BCUT2D eigenvalue weighted by Crippen LogP contribution is 2.27. The van der Waals surface area contributed by atoms with Crippen LogP contribution in [0.5, 0.6) is 5.75 Å². The summed E-state index contributed by atoms with van der Waals surface area (Å²) < 4.78 is 5.13. The van der Waals surface area contributed by atoms with Crippen LogP contribution in [0.1, 0.15) is 18.2 Å². The second-order valence-corrected chi connectivity index (χ2v) is 8.37. The van der Waals surface area contributed by atoms with Gasteiger partial charge in [-0.25, -0.2) is 4.98 Å². The molecule has 0 fully saturated rings. The number of ether oxygens (including phenoxy) is 1. The van der Waals surface area contributed by atoms with Gasteiger partial charge in [-0.2, -0.15) is 0 Å². The van der Waals surface area contributed by atoms with Crippen molar-refractivity contribution in [3.63, 3.8) is 0 Å². The van der Waals surface area contributed by atoms with Crippen LogP contribution in [0.4, 0.5) is 5.69 Å². The molecule has 4 nitrogen and oxygen atoms in total. The van der Waals surface area contributed by atoms with Crippen LogP contribution < -0.4 is 10.1 Å². The minimum atomic E-state index is -0.170. The van der Waals surface area contributed by atoms with E-state index in [0.29, 0.717) is 5.75 Å².